The van der Waals surface area contributed by atoms with Crippen LogP contribution in [-0.4, -0.2) is 4.98 Å². The van der Waals surface area contributed by atoms with Crippen LogP contribution in [0.15, 0.2) is 51.7 Å². The zero-order valence-corrected chi connectivity index (χ0v) is 9.89. The third kappa shape index (κ3) is 2.15. The molecule has 1 unspecified atom stereocenters. The number of rotatable bonds is 2. The van der Waals surface area contributed by atoms with E-state index < -0.39 is 11.8 Å². The van der Waals surface area contributed by atoms with E-state index in [1.54, 1.807) is 24.3 Å². The molecule has 4 nitrogen and oxygen atoms in total. The highest BCUT2D eigenvalue weighted by molar-refractivity contribution is 5.73. The molecule has 0 aliphatic carbocycles. The number of hydrogen-bond acceptors (Lipinski definition) is 3. The lowest BCUT2D eigenvalue weighted by Gasteiger charge is -2.12. The Bertz CT molecular complexity index is 774. The molecule has 0 aliphatic heterocycles. The average molecular weight is 258 g/mol. The second kappa shape index (κ2) is 4.37. The van der Waals surface area contributed by atoms with E-state index >= 15 is 0 Å². The minimum absolute atomic E-state index is 0.303. The molecular weight excluding hydrogens is 247 g/mol. The Morgan fingerprint density at radius 3 is 2.53 bits per heavy atom. The van der Waals surface area contributed by atoms with Gasteiger partial charge in [-0.2, -0.15) is 0 Å². The smallest absolute Gasteiger partial charge is 0.408 e. The summed E-state index contributed by atoms with van der Waals surface area (Å²) in [6.07, 6.45) is 0. The minimum Gasteiger partial charge on any atom is -0.408 e. The van der Waals surface area contributed by atoms with Crippen molar-refractivity contribution in [2.24, 2.45) is 5.73 Å². The van der Waals surface area contributed by atoms with Crippen LogP contribution in [0.5, 0.6) is 0 Å². The van der Waals surface area contributed by atoms with Gasteiger partial charge in [0.2, 0.25) is 0 Å². The van der Waals surface area contributed by atoms with E-state index in [-0.39, 0.29) is 5.82 Å². The molecule has 5 heteroatoms. The second-order valence-corrected chi connectivity index (χ2v) is 4.30. The Hall–Kier alpha value is -2.40. The Morgan fingerprint density at radius 2 is 1.79 bits per heavy atom. The number of aromatic amines is 1. The number of benzene rings is 2. The first-order valence-corrected chi connectivity index (χ1v) is 5.77. The molecule has 0 radical (unpaired) electrons. The van der Waals surface area contributed by atoms with Crippen molar-refractivity contribution >= 4 is 11.1 Å². The van der Waals surface area contributed by atoms with Crippen LogP contribution in [0.4, 0.5) is 4.39 Å². The fraction of sp³-hybridized carbons (Fsp3) is 0.0714. The van der Waals surface area contributed by atoms with Crippen LogP contribution in [0, 0.1) is 5.82 Å². The fourth-order valence-electron chi connectivity index (χ4n) is 2.02. The SMILES string of the molecule is NC(c1ccc(F)cc1)c1ccc2[nH]c(=O)oc2c1. The van der Waals surface area contributed by atoms with E-state index in [1.165, 1.54) is 12.1 Å². The fourth-order valence-corrected chi connectivity index (χ4v) is 2.02. The molecule has 1 aromatic heterocycles. The zero-order valence-electron chi connectivity index (χ0n) is 9.89. The monoisotopic (exact) mass is 258 g/mol. The number of halogens is 1. The number of oxazole rings is 1. The molecule has 3 rings (SSSR count). The largest absolute Gasteiger partial charge is 0.417 e. The van der Waals surface area contributed by atoms with Crippen molar-refractivity contribution in [1.82, 2.24) is 4.98 Å². The van der Waals surface area contributed by atoms with Crippen LogP contribution in [0.2, 0.25) is 0 Å². The standard InChI is InChI=1S/C14H11FN2O2/c15-10-4-1-8(2-5-10)13(16)9-3-6-11-12(7-9)19-14(18)17-11/h1-7,13H,16H2,(H,17,18). The predicted molar refractivity (Wildman–Crippen MR) is 69.3 cm³/mol. The average Bonchev–Trinajstić information content (AvgIpc) is 2.77. The Balaban J connectivity index is 2.03. The Kier molecular flexibility index (Phi) is 2.68. The lowest BCUT2D eigenvalue weighted by molar-refractivity contribution is 0.555. The van der Waals surface area contributed by atoms with Crippen LogP contribution < -0.4 is 11.5 Å². The summed E-state index contributed by atoms with van der Waals surface area (Å²) in [5, 5.41) is 0. The van der Waals surface area contributed by atoms with Gasteiger partial charge < -0.3 is 10.2 Å². The lowest BCUT2D eigenvalue weighted by Crippen LogP contribution is -2.11. The number of H-pyrrole nitrogens is 1. The van der Waals surface area contributed by atoms with E-state index in [9.17, 15) is 9.18 Å². The van der Waals surface area contributed by atoms with Gasteiger partial charge in [0.05, 0.1) is 11.6 Å². The van der Waals surface area contributed by atoms with Crippen LogP contribution in [0.1, 0.15) is 17.2 Å². The number of hydrogen-bond donors (Lipinski definition) is 2. The normalized spacial score (nSPS) is 12.7. The minimum atomic E-state index is -0.498. The molecular formula is C14H11FN2O2. The van der Waals surface area contributed by atoms with Crippen LogP contribution in [0.25, 0.3) is 11.1 Å². The molecule has 0 bridgehead atoms. The van der Waals surface area contributed by atoms with Gasteiger partial charge in [0, 0.05) is 0 Å². The molecule has 1 atom stereocenters. The van der Waals surface area contributed by atoms with Gasteiger partial charge in [-0.15, -0.1) is 0 Å². The van der Waals surface area contributed by atoms with Gasteiger partial charge in [0.1, 0.15) is 5.82 Å². The third-order valence-electron chi connectivity index (χ3n) is 3.03. The van der Waals surface area contributed by atoms with Gasteiger partial charge in [0.15, 0.2) is 5.58 Å². The topological polar surface area (TPSA) is 72.0 Å². The molecule has 0 amide bonds. The lowest BCUT2D eigenvalue weighted by atomic mass is 9.99. The molecule has 19 heavy (non-hydrogen) atoms. The number of nitrogens with one attached hydrogen (secondary N) is 1. The second-order valence-electron chi connectivity index (χ2n) is 4.30. The molecule has 3 N–H and O–H groups in total. The first kappa shape index (κ1) is 11.7. The molecule has 2 aromatic carbocycles. The zero-order chi connectivity index (χ0) is 13.4. The first-order valence-electron chi connectivity index (χ1n) is 5.77. The summed E-state index contributed by atoms with van der Waals surface area (Å²) in [5.41, 5.74) is 8.78. The summed E-state index contributed by atoms with van der Waals surface area (Å²) in [6, 6.07) is 10.9. The van der Waals surface area contributed by atoms with Gasteiger partial charge in [0.25, 0.3) is 0 Å². The maximum absolute atomic E-state index is 12.9. The van der Waals surface area contributed by atoms with E-state index in [4.69, 9.17) is 10.2 Å². The van der Waals surface area contributed by atoms with Gasteiger partial charge in [-0.25, -0.2) is 9.18 Å². The maximum Gasteiger partial charge on any atom is 0.417 e. The summed E-state index contributed by atoms with van der Waals surface area (Å²) in [7, 11) is 0. The summed E-state index contributed by atoms with van der Waals surface area (Å²) < 4.78 is 17.9. The van der Waals surface area contributed by atoms with Crippen LogP contribution >= 0.6 is 0 Å². The highest BCUT2D eigenvalue weighted by atomic mass is 19.1. The Morgan fingerprint density at radius 1 is 1.11 bits per heavy atom. The van der Waals surface area contributed by atoms with Crippen molar-refractivity contribution < 1.29 is 8.81 Å². The van der Waals surface area contributed by atoms with Gasteiger partial charge in [-0.3, -0.25) is 4.98 Å². The van der Waals surface area contributed by atoms with Crippen molar-refractivity contribution in [3.8, 4) is 0 Å². The molecule has 3 aromatic rings. The highest BCUT2D eigenvalue weighted by Gasteiger charge is 2.11. The van der Waals surface area contributed by atoms with E-state index in [0.29, 0.717) is 11.1 Å². The third-order valence-corrected chi connectivity index (χ3v) is 3.03. The van der Waals surface area contributed by atoms with Gasteiger partial charge in [-0.1, -0.05) is 18.2 Å². The Labute approximate surface area is 107 Å². The van der Waals surface area contributed by atoms with Gasteiger partial charge >= 0.3 is 5.76 Å². The van der Waals surface area contributed by atoms with E-state index in [1.807, 2.05) is 6.07 Å². The van der Waals surface area contributed by atoms with Crippen molar-refractivity contribution in [3.63, 3.8) is 0 Å². The van der Waals surface area contributed by atoms with Crippen LogP contribution in [-0.2, 0) is 0 Å². The molecule has 0 saturated carbocycles. The van der Waals surface area contributed by atoms with E-state index in [2.05, 4.69) is 4.98 Å². The molecule has 96 valence electrons. The van der Waals surface area contributed by atoms with Crippen LogP contribution in [0.3, 0.4) is 0 Å². The molecule has 0 aliphatic rings. The number of fused-ring (bicyclic) bond motifs is 1. The number of nitrogens with two attached hydrogens (primary N) is 1. The van der Waals surface area contributed by atoms with Crippen molar-refractivity contribution in [2.45, 2.75) is 6.04 Å². The molecule has 0 saturated heterocycles. The molecule has 0 spiro atoms. The maximum atomic E-state index is 12.9. The van der Waals surface area contributed by atoms with Crippen molar-refractivity contribution in [3.05, 3.63) is 70.0 Å². The summed E-state index contributed by atoms with van der Waals surface area (Å²) in [4.78, 5) is 13.6. The highest BCUT2D eigenvalue weighted by Crippen LogP contribution is 2.22. The summed E-state index contributed by atoms with van der Waals surface area (Å²) in [6.45, 7) is 0. The quantitative estimate of drug-likeness (QED) is 0.740. The number of aromatic nitrogens is 1. The van der Waals surface area contributed by atoms with E-state index in [0.717, 1.165) is 11.1 Å². The predicted octanol–water partition coefficient (Wildman–Crippen LogP) is 2.31. The summed E-state index contributed by atoms with van der Waals surface area (Å²) in [5.74, 6) is -0.800. The summed E-state index contributed by atoms with van der Waals surface area (Å²) >= 11 is 0. The van der Waals surface area contributed by atoms with Crippen molar-refractivity contribution in [2.75, 3.05) is 0 Å². The van der Waals surface area contributed by atoms with Gasteiger partial charge in [-0.05, 0) is 35.4 Å². The first-order chi connectivity index (χ1) is 9.13. The molecule has 0 fully saturated rings. The molecule has 1 heterocycles. The van der Waals surface area contributed by atoms with Crippen molar-refractivity contribution in [1.29, 1.82) is 0 Å².